The molecule has 0 aliphatic carbocycles. The van der Waals surface area contributed by atoms with Gasteiger partial charge in [-0.25, -0.2) is 15.2 Å². The van der Waals surface area contributed by atoms with Gasteiger partial charge in [-0.1, -0.05) is 49.4 Å². The summed E-state index contributed by atoms with van der Waals surface area (Å²) < 4.78 is 5.16. The van der Waals surface area contributed by atoms with Crippen LogP contribution in [-0.4, -0.2) is 40.4 Å². The molecule has 150 valence electrons. The van der Waals surface area contributed by atoms with E-state index in [0.717, 1.165) is 29.4 Å². The second-order valence-electron chi connectivity index (χ2n) is 6.25. The van der Waals surface area contributed by atoms with Crippen molar-refractivity contribution < 1.29 is 14.3 Å². The Labute approximate surface area is 172 Å². The third kappa shape index (κ3) is 6.18. The average Bonchev–Trinajstić information content (AvgIpc) is 3.16. The number of aromatic amines is 1. The predicted molar refractivity (Wildman–Crippen MR) is 114 cm³/mol. The number of ether oxygens (including phenoxy) is 1. The van der Waals surface area contributed by atoms with Crippen molar-refractivity contribution in [2.24, 2.45) is 5.10 Å². The molecule has 0 saturated carbocycles. The summed E-state index contributed by atoms with van der Waals surface area (Å²) >= 11 is 1.31. The minimum absolute atomic E-state index is 0.194. The Bertz CT molecular complexity index is 966. The average molecular weight is 410 g/mol. The van der Waals surface area contributed by atoms with Gasteiger partial charge in [0.25, 0.3) is 5.91 Å². The second-order valence-corrected chi connectivity index (χ2v) is 7.22. The molecule has 0 fully saturated rings. The largest absolute Gasteiger partial charge is 0.462 e. The molecule has 0 aliphatic heterocycles. The highest BCUT2D eigenvalue weighted by Crippen LogP contribution is 2.18. The van der Waals surface area contributed by atoms with Crippen LogP contribution in [0.25, 0.3) is 11.0 Å². The smallest absolute Gasteiger partial charge is 0.338 e. The number of amides is 1. The lowest BCUT2D eigenvalue weighted by molar-refractivity contribution is -0.118. The number of H-pyrrole nitrogens is 1. The number of hydrogen-bond acceptors (Lipinski definition) is 6. The third-order valence-corrected chi connectivity index (χ3v) is 4.86. The van der Waals surface area contributed by atoms with E-state index in [9.17, 15) is 9.59 Å². The lowest BCUT2D eigenvalue weighted by Gasteiger charge is -2.04. The summed E-state index contributed by atoms with van der Waals surface area (Å²) in [5.74, 6) is -0.375. The van der Waals surface area contributed by atoms with Crippen molar-refractivity contribution in [2.75, 3.05) is 12.4 Å². The number of para-hydroxylation sites is 2. The molecule has 3 rings (SSSR count). The van der Waals surface area contributed by atoms with Crippen molar-refractivity contribution in [3.63, 3.8) is 0 Å². The molecule has 0 radical (unpaired) electrons. The minimum atomic E-state index is -0.335. The standard InChI is InChI=1S/C21H22N4O3S/c1-2-3-12-28-20(27)16-10-8-15(9-11-16)13-22-25-19(26)14-29-21-23-17-6-4-5-7-18(17)24-21/h4-11,13H,2-3,12,14H2,1H3,(H,23,24)(H,25,26)/b22-13+. The van der Waals surface area contributed by atoms with Crippen molar-refractivity contribution >= 4 is 40.9 Å². The maximum Gasteiger partial charge on any atom is 0.338 e. The van der Waals surface area contributed by atoms with Crippen LogP contribution in [0.4, 0.5) is 0 Å². The Balaban J connectivity index is 1.44. The summed E-state index contributed by atoms with van der Waals surface area (Å²) in [5, 5.41) is 4.63. The fourth-order valence-electron chi connectivity index (χ4n) is 2.44. The zero-order chi connectivity index (χ0) is 20.5. The number of carbonyl (C=O) groups excluding carboxylic acids is 2. The normalized spacial score (nSPS) is 11.1. The van der Waals surface area contributed by atoms with E-state index in [1.165, 1.54) is 18.0 Å². The molecule has 0 bridgehead atoms. The Kier molecular flexibility index (Phi) is 7.40. The van der Waals surface area contributed by atoms with Crippen molar-refractivity contribution in [1.82, 2.24) is 15.4 Å². The van der Waals surface area contributed by atoms with Gasteiger partial charge in [-0.05, 0) is 36.2 Å². The molecule has 2 N–H and O–H groups in total. The summed E-state index contributed by atoms with van der Waals surface area (Å²) in [4.78, 5) is 31.4. The summed E-state index contributed by atoms with van der Waals surface area (Å²) in [6.45, 7) is 2.47. The fraction of sp³-hybridized carbons (Fsp3) is 0.238. The second kappa shape index (κ2) is 10.4. The summed E-state index contributed by atoms with van der Waals surface area (Å²) in [5.41, 5.74) is 5.54. The van der Waals surface area contributed by atoms with Gasteiger partial charge in [-0.3, -0.25) is 4.79 Å². The molecule has 1 heterocycles. The molecule has 0 aliphatic rings. The zero-order valence-corrected chi connectivity index (χ0v) is 16.9. The van der Waals surface area contributed by atoms with Gasteiger partial charge >= 0.3 is 5.97 Å². The highest BCUT2D eigenvalue weighted by Gasteiger charge is 2.07. The number of unbranched alkanes of at least 4 members (excludes halogenated alkanes) is 1. The molecular weight excluding hydrogens is 388 g/mol. The van der Waals surface area contributed by atoms with Crippen LogP contribution in [0, 0.1) is 0 Å². The first-order valence-corrected chi connectivity index (χ1v) is 10.3. The first-order valence-electron chi connectivity index (χ1n) is 9.32. The zero-order valence-electron chi connectivity index (χ0n) is 16.1. The van der Waals surface area contributed by atoms with Crippen molar-refractivity contribution in [3.05, 3.63) is 59.7 Å². The molecule has 0 unspecified atom stereocenters. The molecular formula is C21H22N4O3S. The number of carbonyl (C=O) groups is 2. The van der Waals surface area contributed by atoms with Crippen LogP contribution in [0.3, 0.4) is 0 Å². The van der Waals surface area contributed by atoms with E-state index in [-0.39, 0.29) is 17.6 Å². The third-order valence-electron chi connectivity index (χ3n) is 3.99. The van der Waals surface area contributed by atoms with E-state index in [2.05, 4.69) is 20.5 Å². The lowest BCUT2D eigenvalue weighted by Crippen LogP contribution is -2.19. The van der Waals surface area contributed by atoms with Crippen molar-refractivity contribution in [3.8, 4) is 0 Å². The van der Waals surface area contributed by atoms with Crippen LogP contribution in [0.2, 0.25) is 0 Å². The van der Waals surface area contributed by atoms with Gasteiger partial charge in [-0.15, -0.1) is 0 Å². The van der Waals surface area contributed by atoms with Gasteiger partial charge in [0.05, 0.1) is 35.2 Å². The van der Waals surface area contributed by atoms with Gasteiger partial charge in [0.2, 0.25) is 0 Å². The molecule has 0 saturated heterocycles. The molecule has 29 heavy (non-hydrogen) atoms. The number of thioether (sulfide) groups is 1. The van der Waals surface area contributed by atoms with Crippen LogP contribution >= 0.6 is 11.8 Å². The lowest BCUT2D eigenvalue weighted by atomic mass is 10.1. The quantitative estimate of drug-likeness (QED) is 0.184. The number of rotatable bonds is 9. The van der Waals surface area contributed by atoms with Crippen LogP contribution < -0.4 is 5.43 Å². The van der Waals surface area contributed by atoms with Gasteiger partial charge in [-0.2, -0.15) is 5.10 Å². The van der Waals surface area contributed by atoms with E-state index in [0.29, 0.717) is 17.3 Å². The number of imidazole rings is 1. The maximum atomic E-state index is 11.9. The summed E-state index contributed by atoms with van der Waals surface area (Å²) in [6, 6.07) is 14.5. The molecule has 8 heteroatoms. The molecule has 1 amide bonds. The van der Waals surface area contributed by atoms with Crippen LogP contribution in [0.1, 0.15) is 35.7 Å². The van der Waals surface area contributed by atoms with E-state index in [1.807, 2.05) is 31.2 Å². The van der Waals surface area contributed by atoms with E-state index < -0.39 is 0 Å². The van der Waals surface area contributed by atoms with Gasteiger partial charge in [0.15, 0.2) is 5.16 Å². The number of esters is 1. The summed E-state index contributed by atoms with van der Waals surface area (Å²) in [7, 11) is 0. The first-order chi connectivity index (χ1) is 14.2. The van der Waals surface area contributed by atoms with Gasteiger partial charge in [0.1, 0.15) is 0 Å². The maximum absolute atomic E-state index is 11.9. The van der Waals surface area contributed by atoms with Crippen molar-refractivity contribution in [2.45, 2.75) is 24.9 Å². The Morgan fingerprint density at radius 2 is 2.00 bits per heavy atom. The molecule has 7 nitrogen and oxygen atoms in total. The fourth-order valence-corrected chi connectivity index (χ4v) is 3.12. The van der Waals surface area contributed by atoms with Crippen LogP contribution in [0.5, 0.6) is 0 Å². The van der Waals surface area contributed by atoms with E-state index in [1.54, 1.807) is 24.3 Å². The number of fused-ring (bicyclic) bond motifs is 1. The molecule has 1 aromatic heterocycles. The Hall–Kier alpha value is -3.13. The number of hydrogen-bond donors (Lipinski definition) is 2. The first kappa shape index (κ1) is 20.6. The SMILES string of the molecule is CCCCOC(=O)c1ccc(/C=N/NC(=O)CSc2nc3ccccc3[nH]2)cc1. The van der Waals surface area contributed by atoms with Gasteiger partial charge < -0.3 is 9.72 Å². The Morgan fingerprint density at radius 3 is 2.76 bits per heavy atom. The number of hydrazone groups is 1. The molecule has 2 aromatic carbocycles. The Morgan fingerprint density at radius 1 is 1.21 bits per heavy atom. The monoisotopic (exact) mass is 410 g/mol. The topological polar surface area (TPSA) is 96.4 Å². The van der Waals surface area contributed by atoms with Crippen molar-refractivity contribution in [1.29, 1.82) is 0 Å². The number of nitrogens with one attached hydrogen (secondary N) is 2. The number of benzene rings is 2. The van der Waals surface area contributed by atoms with Crippen LogP contribution in [0.15, 0.2) is 58.8 Å². The van der Waals surface area contributed by atoms with E-state index in [4.69, 9.17) is 4.74 Å². The number of aromatic nitrogens is 2. The molecule has 3 aromatic rings. The van der Waals surface area contributed by atoms with Gasteiger partial charge in [0, 0.05) is 0 Å². The van der Waals surface area contributed by atoms with Crippen LogP contribution in [-0.2, 0) is 9.53 Å². The minimum Gasteiger partial charge on any atom is -0.462 e. The molecule has 0 spiro atoms. The highest BCUT2D eigenvalue weighted by molar-refractivity contribution is 7.99. The number of nitrogens with zero attached hydrogens (tertiary/aromatic N) is 2. The predicted octanol–water partition coefficient (Wildman–Crippen LogP) is 3.76. The van der Waals surface area contributed by atoms with E-state index >= 15 is 0 Å². The summed E-state index contributed by atoms with van der Waals surface area (Å²) in [6.07, 6.45) is 3.35. The highest BCUT2D eigenvalue weighted by atomic mass is 32.2. The molecule has 0 atom stereocenters.